The van der Waals surface area contributed by atoms with Crippen molar-refractivity contribution in [3.05, 3.63) is 72.3 Å². The van der Waals surface area contributed by atoms with E-state index >= 15 is 0 Å². The third kappa shape index (κ3) is 2.87. The number of esters is 1. The van der Waals surface area contributed by atoms with Crippen LogP contribution < -0.4 is 9.47 Å². The molecule has 0 atom stereocenters. The lowest BCUT2D eigenvalue weighted by Gasteiger charge is -2.06. The molecule has 0 aliphatic carbocycles. The molecule has 0 saturated carbocycles. The van der Waals surface area contributed by atoms with Crippen molar-refractivity contribution in [1.82, 2.24) is 0 Å². The first-order valence-corrected chi connectivity index (χ1v) is 6.61. The Bertz CT molecular complexity index is 776. The summed E-state index contributed by atoms with van der Waals surface area (Å²) in [5.41, 5.74) is 0.532. The van der Waals surface area contributed by atoms with Gasteiger partial charge in [-0.25, -0.2) is 4.79 Å². The number of hydrogen-bond donors (Lipinski definition) is 0. The van der Waals surface area contributed by atoms with E-state index in [2.05, 4.69) is 0 Å². The molecule has 0 radical (unpaired) electrons. The molecule has 0 aliphatic heterocycles. The summed E-state index contributed by atoms with van der Waals surface area (Å²) in [6, 6.07) is 20.3. The van der Waals surface area contributed by atoms with Gasteiger partial charge in [0.2, 0.25) is 0 Å². The van der Waals surface area contributed by atoms with Crippen LogP contribution in [0.15, 0.2) is 66.7 Å². The quantitative estimate of drug-likeness (QED) is 0.535. The molecule has 0 saturated heterocycles. The molecule has 104 valence electrons. The van der Waals surface area contributed by atoms with Crippen LogP contribution in [0.4, 0.5) is 0 Å². The Morgan fingerprint density at radius 1 is 0.810 bits per heavy atom. The Kier molecular flexibility index (Phi) is 3.56. The summed E-state index contributed by atoms with van der Waals surface area (Å²) < 4.78 is 10.4. The molecule has 0 aliphatic rings. The molecule has 0 spiro atoms. The SMILES string of the molecule is COc1ccc(OC(=O)c2ccc3ccccc3c2)cc1. The normalized spacial score (nSPS) is 10.3. The van der Waals surface area contributed by atoms with E-state index < -0.39 is 0 Å². The molecule has 0 unspecified atom stereocenters. The van der Waals surface area contributed by atoms with Gasteiger partial charge in [-0.3, -0.25) is 0 Å². The Morgan fingerprint density at radius 2 is 1.48 bits per heavy atom. The molecular formula is C18H14O3. The first kappa shape index (κ1) is 13.2. The van der Waals surface area contributed by atoms with Crippen LogP contribution in [-0.2, 0) is 0 Å². The van der Waals surface area contributed by atoms with Gasteiger partial charge in [0.1, 0.15) is 11.5 Å². The van der Waals surface area contributed by atoms with Crippen molar-refractivity contribution in [2.75, 3.05) is 7.11 Å². The van der Waals surface area contributed by atoms with E-state index in [0.717, 1.165) is 16.5 Å². The van der Waals surface area contributed by atoms with Gasteiger partial charge >= 0.3 is 5.97 Å². The standard InChI is InChI=1S/C18H14O3/c1-20-16-8-10-17(11-9-16)21-18(19)15-7-6-13-4-2-3-5-14(13)12-15/h2-12H,1H3. The zero-order valence-corrected chi connectivity index (χ0v) is 11.6. The zero-order valence-electron chi connectivity index (χ0n) is 11.6. The van der Waals surface area contributed by atoms with E-state index in [1.54, 1.807) is 37.4 Å². The van der Waals surface area contributed by atoms with Crippen molar-refractivity contribution in [3.8, 4) is 11.5 Å². The summed E-state index contributed by atoms with van der Waals surface area (Å²) in [7, 11) is 1.59. The fraction of sp³-hybridized carbons (Fsp3) is 0.0556. The van der Waals surface area contributed by atoms with Gasteiger partial charge in [-0.05, 0) is 47.2 Å². The average molecular weight is 278 g/mol. The summed E-state index contributed by atoms with van der Waals surface area (Å²) >= 11 is 0. The number of benzene rings is 3. The topological polar surface area (TPSA) is 35.5 Å². The Hall–Kier alpha value is -2.81. The van der Waals surface area contributed by atoms with Crippen LogP contribution in [0.5, 0.6) is 11.5 Å². The minimum absolute atomic E-state index is 0.370. The van der Waals surface area contributed by atoms with Gasteiger partial charge in [0.25, 0.3) is 0 Å². The molecule has 0 amide bonds. The molecule has 0 heterocycles. The highest BCUT2D eigenvalue weighted by Crippen LogP contribution is 2.20. The van der Waals surface area contributed by atoms with Crippen LogP contribution in [0.2, 0.25) is 0 Å². The summed E-state index contributed by atoms with van der Waals surface area (Å²) in [5.74, 6) is 0.848. The highest BCUT2D eigenvalue weighted by atomic mass is 16.5. The van der Waals surface area contributed by atoms with Crippen LogP contribution in [-0.4, -0.2) is 13.1 Å². The van der Waals surface area contributed by atoms with Gasteiger partial charge < -0.3 is 9.47 Å². The van der Waals surface area contributed by atoms with E-state index in [0.29, 0.717) is 11.3 Å². The zero-order chi connectivity index (χ0) is 14.7. The molecule has 0 aromatic heterocycles. The molecule has 3 heteroatoms. The number of hydrogen-bond acceptors (Lipinski definition) is 3. The Morgan fingerprint density at radius 3 is 2.19 bits per heavy atom. The Labute approximate surface area is 122 Å². The maximum atomic E-state index is 12.2. The van der Waals surface area contributed by atoms with Crippen LogP contribution in [0.1, 0.15) is 10.4 Å². The van der Waals surface area contributed by atoms with E-state index in [9.17, 15) is 4.79 Å². The minimum Gasteiger partial charge on any atom is -0.497 e. The van der Waals surface area contributed by atoms with Gasteiger partial charge in [-0.2, -0.15) is 0 Å². The average Bonchev–Trinajstić information content (AvgIpc) is 2.55. The second kappa shape index (κ2) is 5.67. The third-order valence-electron chi connectivity index (χ3n) is 3.26. The lowest BCUT2D eigenvalue weighted by Crippen LogP contribution is -2.08. The van der Waals surface area contributed by atoms with E-state index in [-0.39, 0.29) is 5.97 Å². The van der Waals surface area contributed by atoms with Crippen molar-refractivity contribution in [2.24, 2.45) is 0 Å². The maximum absolute atomic E-state index is 12.2. The predicted molar refractivity (Wildman–Crippen MR) is 81.9 cm³/mol. The third-order valence-corrected chi connectivity index (χ3v) is 3.26. The van der Waals surface area contributed by atoms with E-state index in [1.807, 2.05) is 36.4 Å². The van der Waals surface area contributed by atoms with Crippen LogP contribution in [0.25, 0.3) is 10.8 Å². The van der Waals surface area contributed by atoms with Crippen molar-refractivity contribution >= 4 is 16.7 Å². The first-order chi connectivity index (χ1) is 10.3. The molecule has 0 N–H and O–H groups in total. The van der Waals surface area contributed by atoms with Crippen molar-refractivity contribution in [1.29, 1.82) is 0 Å². The molecular weight excluding hydrogens is 264 g/mol. The minimum atomic E-state index is -0.370. The highest BCUT2D eigenvalue weighted by molar-refractivity contribution is 5.96. The molecule has 0 bridgehead atoms. The molecule has 3 nitrogen and oxygen atoms in total. The van der Waals surface area contributed by atoms with Crippen molar-refractivity contribution in [3.63, 3.8) is 0 Å². The second-order valence-electron chi connectivity index (χ2n) is 4.63. The number of carbonyl (C=O) groups excluding carboxylic acids is 1. The van der Waals surface area contributed by atoms with Gasteiger partial charge in [0.15, 0.2) is 0 Å². The van der Waals surface area contributed by atoms with E-state index in [1.165, 1.54) is 0 Å². The molecule has 0 fully saturated rings. The smallest absolute Gasteiger partial charge is 0.343 e. The van der Waals surface area contributed by atoms with Crippen molar-refractivity contribution < 1.29 is 14.3 Å². The molecule has 3 aromatic carbocycles. The first-order valence-electron chi connectivity index (χ1n) is 6.61. The fourth-order valence-corrected chi connectivity index (χ4v) is 2.13. The monoisotopic (exact) mass is 278 g/mol. The number of methoxy groups -OCH3 is 1. The van der Waals surface area contributed by atoms with Crippen LogP contribution in [0.3, 0.4) is 0 Å². The molecule has 3 rings (SSSR count). The van der Waals surface area contributed by atoms with Crippen LogP contribution in [0, 0.1) is 0 Å². The number of ether oxygens (including phenoxy) is 2. The summed E-state index contributed by atoms with van der Waals surface area (Å²) in [6.07, 6.45) is 0. The molecule has 21 heavy (non-hydrogen) atoms. The lowest BCUT2D eigenvalue weighted by molar-refractivity contribution is 0.0735. The largest absolute Gasteiger partial charge is 0.497 e. The van der Waals surface area contributed by atoms with Crippen LogP contribution >= 0.6 is 0 Å². The predicted octanol–water partition coefficient (Wildman–Crippen LogP) is 4.07. The Balaban J connectivity index is 1.82. The van der Waals surface area contributed by atoms with Crippen molar-refractivity contribution in [2.45, 2.75) is 0 Å². The van der Waals surface area contributed by atoms with Gasteiger partial charge in [0, 0.05) is 0 Å². The summed E-state index contributed by atoms with van der Waals surface area (Å²) in [5, 5.41) is 2.11. The lowest BCUT2D eigenvalue weighted by atomic mass is 10.1. The maximum Gasteiger partial charge on any atom is 0.343 e. The van der Waals surface area contributed by atoms with Gasteiger partial charge in [0.05, 0.1) is 12.7 Å². The van der Waals surface area contributed by atoms with Gasteiger partial charge in [-0.1, -0.05) is 30.3 Å². The summed E-state index contributed by atoms with van der Waals surface area (Å²) in [6.45, 7) is 0. The highest BCUT2D eigenvalue weighted by Gasteiger charge is 2.09. The molecule has 3 aromatic rings. The second-order valence-corrected chi connectivity index (χ2v) is 4.63. The number of rotatable bonds is 3. The number of fused-ring (bicyclic) bond motifs is 1. The van der Waals surface area contributed by atoms with E-state index in [4.69, 9.17) is 9.47 Å². The van der Waals surface area contributed by atoms with Gasteiger partial charge in [-0.15, -0.1) is 0 Å². The fourth-order valence-electron chi connectivity index (χ4n) is 2.13. The summed E-state index contributed by atoms with van der Waals surface area (Å²) in [4.78, 5) is 12.2. The number of carbonyl (C=O) groups is 1.